The highest BCUT2D eigenvalue weighted by molar-refractivity contribution is 4.88. The summed E-state index contributed by atoms with van der Waals surface area (Å²) in [5, 5.41) is 0. The van der Waals surface area contributed by atoms with Gasteiger partial charge in [-0.05, 0) is 40.2 Å². The molecule has 0 atom stereocenters. The van der Waals surface area contributed by atoms with Crippen LogP contribution in [0.2, 0.25) is 0 Å². The predicted octanol–water partition coefficient (Wildman–Crippen LogP) is 2.36. The number of hydrogen-bond acceptors (Lipinski definition) is 2. The van der Waals surface area contributed by atoms with Gasteiger partial charge in [0.2, 0.25) is 0 Å². The molecule has 0 unspecified atom stereocenters. The number of nitrogens with two attached hydrogens (primary N) is 1. The van der Waals surface area contributed by atoms with E-state index in [1.54, 1.807) is 0 Å². The Morgan fingerprint density at radius 1 is 1.31 bits per heavy atom. The Bertz CT molecular complexity index is 156. The van der Waals surface area contributed by atoms with Crippen LogP contribution in [0.25, 0.3) is 0 Å². The number of rotatable bonds is 5. The average Bonchev–Trinajstić information content (AvgIpc) is 1.95. The maximum absolute atomic E-state index is 5.56. The molecule has 0 aromatic carbocycles. The standard InChI is InChI=1S/C11H24N2/c1-6-8-13(11(3,4)5)9-7-10(2)12/h2,6-9,12H2,1,3-5H3. The molecule has 0 aliphatic rings. The zero-order chi connectivity index (χ0) is 10.5. The Morgan fingerprint density at radius 2 is 1.85 bits per heavy atom. The van der Waals surface area contributed by atoms with Gasteiger partial charge < -0.3 is 5.73 Å². The molecule has 0 spiro atoms. The van der Waals surface area contributed by atoms with Crippen molar-refractivity contribution in [3.8, 4) is 0 Å². The van der Waals surface area contributed by atoms with Crippen LogP contribution in [0.15, 0.2) is 12.3 Å². The third-order valence-electron chi connectivity index (χ3n) is 2.15. The average molecular weight is 184 g/mol. The van der Waals surface area contributed by atoms with E-state index in [-0.39, 0.29) is 5.54 Å². The Balaban J connectivity index is 4.02. The fraction of sp³-hybridized carbons (Fsp3) is 0.818. The van der Waals surface area contributed by atoms with E-state index in [1.165, 1.54) is 6.42 Å². The lowest BCUT2D eigenvalue weighted by molar-refractivity contribution is 0.138. The summed E-state index contributed by atoms with van der Waals surface area (Å²) in [6.45, 7) is 14.8. The Hall–Kier alpha value is -0.500. The van der Waals surface area contributed by atoms with Crippen molar-refractivity contribution in [1.29, 1.82) is 0 Å². The summed E-state index contributed by atoms with van der Waals surface area (Å²) >= 11 is 0. The van der Waals surface area contributed by atoms with Crippen molar-refractivity contribution in [2.45, 2.75) is 46.1 Å². The van der Waals surface area contributed by atoms with Gasteiger partial charge in [-0.2, -0.15) is 0 Å². The van der Waals surface area contributed by atoms with Crippen molar-refractivity contribution < 1.29 is 0 Å². The van der Waals surface area contributed by atoms with Crippen LogP contribution in [-0.2, 0) is 0 Å². The lowest BCUT2D eigenvalue weighted by Crippen LogP contribution is -2.42. The largest absolute Gasteiger partial charge is 0.402 e. The smallest absolute Gasteiger partial charge is 0.0125 e. The normalized spacial score (nSPS) is 12.1. The van der Waals surface area contributed by atoms with E-state index in [1.807, 2.05) is 0 Å². The zero-order valence-electron chi connectivity index (χ0n) is 9.56. The topological polar surface area (TPSA) is 29.3 Å². The number of nitrogens with zero attached hydrogens (tertiary/aromatic N) is 1. The van der Waals surface area contributed by atoms with Crippen LogP contribution < -0.4 is 5.73 Å². The van der Waals surface area contributed by atoms with Gasteiger partial charge in [0.15, 0.2) is 0 Å². The first-order valence-electron chi connectivity index (χ1n) is 5.06. The molecule has 0 aromatic heterocycles. The maximum Gasteiger partial charge on any atom is 0.0125 e. The van der Waals surface area contributed by atoms with Gasteiger partial charge in [0.05, 0.1) is 0 Å². The lowest BCUT2D eigenvalue weighted by atomic mass is 10.1. The van der Waals surface area contributed by atoms with E-state index in [4.69, 9.17) is 5.73 Å². The molecule has 13 heavy (non-hydrogen) atoms. The highest BCUT2D eigenvalue weighted by Crippen LogP contribution is 2.14. The van der Waals surface area contributed by atoms with E-state index in [0.717, 1.165) is 25.2 Å². The molecular formula is C11H24N2. The van der Waals surface area contributed by atoms with E-state index in [0.29, 0.717) is 0 Å². The van der Waals surface area contributed by atoms with Crippen molar-refractivity contribution in [3.63, 3.8) is 0 Å². The monoisotopic (exact) mass is 184 g/mol. The van der Waals surface area contributed by atoms with Crippen LogP contribution in [-0.4, -0.2) is 23.5 Å². The lowest BCUT2D eigenvalue weighted by Gasteiger charge is -2.35. The summed E-state index contributed by atoms with van der Waals surface area (Å²) in [6, 6.07) is 0. The molecule has 0 amide bonds. The Labute approximate surface area is 82.8 Å². The highest BCUT2D eigenvalue weighted by Gasteiger charge is 2.19. The van der Waals surface area contributed by atoms with Crippen LogP contribution in [0.5, 0.6) is 0 Å². The molecule has 78 valence electrons. The molecule has 0 aliphatic heterocycles. The van der Waals surface area contributed by atoms with E-state index >= 15 is 0 Å². The fourth-order valence-electron chi connectivity index (χ4n) is 1.33. The molecule has 0 aromatic rings. The molecule has 0 fully saturated rings. The summed E-state index contributed by atoms with van der Waals surface area (Å²) < 4.78 is 0. The molecule has 2 nitrogen and oxygen atoms in total. The van der Waals surface area contributed by atoms with Crippen LogP contribution in [0.3, 0.4) is 0 Å². The molecule has 2 N–H and O–H groups in total. The van der Waals surface area contributed by atoms with Crippen LogP contribution in [0.1, 0.15) is 40.5 Å². The van der Waals surface area contributed by atoms with E-state index in [9.17, 15) is 0 Å². The van der Waals surface area contributed by atoms with Gasteiger partial charge in [-0.15, -0.1) is 0 Å². The van der Waals surface area contributed by atoms with Crippen LogP contribution in [0, 0.1) is 0 Å². The van der Waals surface area contributed by atoms with Crippen molar-refractivity contribution in [2.24, 2.45) is 5.73 Å². The summed E-state index contributed by atoms with van der Waals surface area (Å²) in [7, 11) is 0. The summed E-state index contributed by atoms with van der Waals surface area (Å²) in [5.74, 6) is 0. The van der Waals surface area contributed by atoms with Gasteiger partial charge in [-0.25, -0.2) is 0 Å². The minimum atomic E-state index is 0.242. The first kappa shape index (κ1) is 12.5. The summed E-state index contributed by atoms with van der Waals surface area (Å²) in [5.41, 5.74) is 6.58. The quantitative estimate of drug-likeness (QED) is 0.710. The SMILES string of the molecule is C=C(N)CCN(CCC)C(C)(C)C. The second kappa shape index (κ2) is 5.28. The first-order valence-corrected chi connectivity index (χ1v) is 5.06. The molecule has 0 bridgehead atoms. The molecule has 0 aliphatic carbocycles. The molecule has 0 heterocycles. The molecule has 0 radical (unpaired) electrons. The van der Waals surface area contributed by atoms with Crippen LogP contribution in [0.4, 0.5) is 0 Å². The van der Waals surface area contributed by atoms with Crippen LogP contribution >= 0.6 is 0 Å². The maximum atomic E-state index is 5.56. The van der Waals surface area contributed by atoms with Gasteiger partial charge in [0, 0.05) is 17.8 Å². The number of hydrogen-bond donors (Lipinski definition) is 1. The van der Waals surface area contributed by atoms with Crippen molar-refractivity contribution in [3.05, 3.63) is 12.3 Å². The fourth-order valence-corrected chi connectivity index (χ4v) is 1.33. The minimum absolute atomic E-state index is 0.242. The third kappa shape index (κ3) is 5.69. The minimum Gasteiger partial charge on any atom is -0.402 e. The molecule has 0 saturated carbocycles. The van der Waals surface area contributed by atoms with Gasteiger partial charge >= 0.3 is 0 Å². The zero-order valence-corrected chi connectivity index (χ0v) is 9.56. The summed E-state index contributed by atoms with van der Waals surface area (Å²) in [6.07, 6.45) is 2.09. The Kier molecular flexibility index (Phi) is 5.07. The van der Waals surface area contributed by atoms with Gasteiger partial charge in [0.25, 0.3) is 0 Å². The molecule has 0 saturated heterocycles. The van der Waals surface area contributed by atoms with Gasteiger partial charge in [-0.1, -0.05) is 13.5 Å². The third-order valence-corrected chi connectivity index (χ3v) is 2.15. The molecule has 0 rings (SSSR count). The second-order valence-corrected chi connectivity index (χ2v) is 4.57. The van der Waals surface area contributed by atoms with E-state index < -0.39 is 0 Å². The van der Waals surface area contributed by atoms with Gasteiger partial charge in [-0.3, -0.25) is 4.90 Å². The van der Waals surface area contributed by atoms with Crippen molar-refractivity contribution >= 4 is 0 Å². The van der Waals surface area contributed by atoms with E-state index in [2.05, 4.69) is 39.2 Å². The first-order chi connectivity index (χ1) is 5.88. The summed E-state index contributed by atoms with van der Waals surface area (Å²) in [4.78, 5) is 2.45. The predicted molar refractivity (Wildman–Crippen MR) is 59.6 cm³/mol. The second-order valence-electron chi connectivity index (χ2n) is 4.57. The highest BCUT2D eigenvalue weighted by atomic mass is 15.2. The Morgan fingerprint density at radius 3 is 2.15 bits per heavy atom. The van der Waals surface area contributed by atoms with Crippen molar-refractivity contribution in [1.82, 2.24) is 4.90 Å². The van der Waals surface area contributed by atoms with Crippen molar-refractivity contribution in [2.75, 3.05) is 13.1 Å². The molecular weight excluding hydrogens is 160 g/mol. The molecule has 2 heteroatoms. The van der Waals surface area contributed by atoms with Gasteiger partial charge in [0.1, 0.15) is 0 Å².